The summed E-state index contributed by atoms with van der Waals surface area (Å²) in [4.78, 5) is 6.44. The standard InChI is InChI=1S/C6H8F3N5O2S/c7-6(8,9)3-13-17(15,16)4-1-11-5(14-10)12-2-4/h1-2,13H,3,10H2,(H,11,12,14). The van der Waals surface area contributed by atoms with Crippen molar-refractivity contribution >= 4 is 16.0 Å². The second-order valence-corrected chi connectivity index (χ2v) is 4.59. The minimum atomic E-state index is -4.63. The SMILES string of the molecule is NNc1ncc(S(=O)(=O)NCC(F)(F)F)cn1. The Labute approximate surface area is 94.3 Å². The maximum Gasteiger partial charge on any atom is 0.402 e. The molecule has 0 aliphatic heterocycles. The monoisotopic (exact) mass is 271 g/mol. The maximum absolute atomic E-state index is 11.8. The van der Waals surface area contributed by atoms with E-state index in [4.69, 9.17) is 5.84 Å². The Bertz CT molecular complexity index is 471. The molecule has 0 aromatic carbocycles. The van der Waals surface area contributed by atoms with Gasteiger partial charge in [-0.3, -0.25) is 5.43 Å². The zero-order chi connectivity index (χ0) is 13.1. The number of hydrazine groups is 1. The predicted molar refractivity (Wildman–Crippen MR) is 51.1 cm³/mol. The van der Waals surface area contributed by atoms with E-state index in [1.165, 1.54) is 4.72 Å². The van der Waals surface area contributed by atoms with Crippen LogP contribution in [0, 0.1) is 0 Å². The van der Waals surface area contributed by atoms with Crippen LogP contribution in [0.3, 0.4) is 0 Å². The van der Waals surface area contributed by atoms with Crippen LogP contribution in [0.5, 0.6) is 0 Å². The molecule has 0 saturated carbocycles. The van der Waals surface area contributed by atoms with E-state index in [9.17, 15) is 21.6 Å². The van der Waals surface area contributed by atoms with Gasteiger partial charge in [0.05, 0.1) is 12.4 Å². The van der Waals surface area contributed by atoms with Crippen molar-refractivity contribution in [3.8, 4) is 0 Å². The summed E-state index contributed by atoms with van der Waals surface area (Å²) < 4.78 is 59.5. The molecule has 0 saturated heterocycles. The Hall–Kier alpha value is -1.46. The van der Waals surface area contributed by atoms with E-state index >= 15 is 0 Å². The molecule has 0 unspecified atom stereocenters. The number of nitrogens with zero attached hydrogens (tertiary/aromatic N) is 2. The van der Waals surface area contributed by atoms with E-state index < -0.39 is 27.6 Å². The molecule has 1 heterocycles. The molecule has 0 aliphatic carbocycles. The second kappa shape index (κ2) is 4.81. The molecule has 0 amide bonds. The molecule has 0 radical (unpaired) electrons. The van der Waals surface area contributed by atoms with Gasteiger partial charge in [-0.1, -0.05) is 0 Å². The number of hydrogen-bond donors (Lipinski definition) is 3. The van der Waals surface area contributed by atoms with Crippen molar-refractivity contribution in [2.75, 3.05) is 12.0 Å². The molecule has 7 nitrogen and oxygen atoms in total. The highest BCUT2D eigenvalue weighted by Gasteiger charge is 2.30. The molecule has 0 fully saturated rings. The average molecular weight is 271 g/mol. The van der Waals surface area contributed by atoms with Gasteiger partial charge in [0.2, 0.25) is 16.0 Å². The van der Waals surface area contributed by atoms with E-state index in [0.717, 1.165) is 12.4 Å². The topological polar surface area (TPSA) is 110 Å². The minimum Gasteiger partial charge on any atom is -0.292 e. The number of rotatable bonds is 4. The van der Waals surface area contributed by atoms with Crippen molar-refractivity contribution in [3.63, 3.8) is 0 Å². The summed E-state index contributed by atoms with van der Waals surface area (Å²) in [5, 5.41) is 0. The number of aromatic nitrogens is 2. The van der Waals surface area contributed by atoms with Gasteiger partial charge < -0.3 is 0 Å². The van der Waals surface area contributed by atoms with Gasteiger partial charge in [-0.25, -0.2) is 29.0 Å². The number of alkyl halides is 3. The van der Waals surface area contributed by atoms with Crippen molar-refractivity contribution in [2.45, 2.75) is 11.1 Å². The zero-order valence-corrected chi connectivity index (χ0v) is 9.01. The Balaban J connectivity index is 2.82. The lowest BCUT2D eigenvalue weighted by atomic mass is 10.7. The van der Waals surface area contributed by atoms with Crippen LogP contribution in [0.4, 0.5) is 19.1 Å². The first kappa shape index (κ1) is 13.6. The van der Waals surface area contributed by atoms with Crippen LogP contribution in [-0.2, 0) is 10.0 Å². The van der Waals surface area contributed by atoms with Gasteiger partial charge in [0.25, 0.3) is 0 Å². The number of halogens is 3. The lowest BCUT2D eigenvalue weighted by molar-refractivity contribution is -0.121. The summed E-state index contributed by atoms with van der Waals surface area (Å²) in [5.41, 5.74) is 2.04. The van der Waals surface area contributed by atoms with Crippen LogP contribution in [0.1, 0.15) is 0 Å². The lowest BCUT2D eigenvalue weighted by Gasteiger charge is -2.08. The van der Waals surface area contributed by atoms with Gasteiger partial charge in [0.15, 0.2) is 0 Å². The second-order valence-electron chi connectivity index (χ2n) is 2.83. The molecule has 96 valence electrons. The number of nitrogens with two attached hydrogens (primary N) is 1. The molecule has 0 aliphatic rings. The van der Waals surface area contributed by atoms with Crippen molar-refractivity contribution in [1.29, 1.82) is 0 Å². The summed E-state index contributed by atoms with van der Waals surface area (Å²) in [5.74, 6) is 4.88. The Kier molecular flexibility index (Phi) is 3.85. The van der Waals surface area contributed by atoms with Crippen LogP contribution >= 0.6 is 0 Å². The summed E-state index contributed by atoms with van der Waals surface area (Å²) in [7, 11) is -4.28. The molecule has 11 heteroatoms. The summed E-state index contributed by atoms with van der Waals surface area (Å²) in [6.07, 6.45) is -2.96. The highest BCUT2D eigenvalue weighted by molar-refractivity contribution is 7.89. The molecule has 0 bridgehead atoms. The molecule has 0 atom stereocenters. The third-order valence-electron chi connectivity index (χ3n) is 1.53. The molecule has 17 heavy (non-hydrogen) atoms. The summed E-state index contributed by atoms with van der Waals surface area (Å²) in [6, 6.07) is 0. The predicted octanol–water partition coefficient (Wildman–Crippen LogP) is -0.397. The summed E-state index contributed by atoms with van der Waals surface area (Å²) in [6.45, 7) is -1.66. The largest absolute Gasteiger partial charge is 0.402 e. The van der Waals surface area contributed by atoms with E-state index in [1.807, 2.05) is 5.43 Å². The van der Waals surface area contributed by atoms with E-state index in [0.29, 0.717) is 0 Å². The van der Waals surface area contributed by atoms with Gasteiger partial charge >= 0.3 is 6.18 Å². The Morgan fingerprint density at radius 2 is 1.82 bits per heavy atom. The van der Waals surface area contributed by atoms with Gasteiger partial charge in [0.1, 0.15) is 11.4 Å². The first-order valence-electron chi connectivity index (χ1n) is 4.10. The van der Waals surface area contributed by atoms with Gasteiger partial charge in [-0.15, -0.1) is 0 Å². The van der Waals surface area contributed by atoms with Crippen molar-refractivity contribution < 1.29 is 21.6 Å². The van der Waals surface area contributed by atoms with Crippen molar-refractivity contribution in [3.05, 3.63) is 12.4 Å². The molecule has 1 rings (SSSR count). The van der Waals surface area contributed by atoms with E-state index in [1.54, 1.807) is 0 Å². The summed E-state index contributed by atoms with van der Waals surface area (Å²) >= 11 is 0. The fourth-order valence-corrected chi connectivity index (χ4v) is 1.69. The maximum atomic E-state index is 11.8. The number of sulfonamides is 1. The van der Waals surface area contributed by atoms with Gasteiger partial charge in [0, 0.05) is 0 Å². The number of nitrogen functional groups attached to an aromatic ring is 1. The number of anilines is 1. The molecular formula is C6H8F3N5O2S. The fraction of sp³-hybridized carbons (Fsp3) is 0.333. The number of hydrogen-bond acceptors (Lipinski definition) is 6. The van der Waals surface area contributed by atoms with E-state index in [2.05, 4.69) is 9.97 Å². The van der Waals surface area contributed by atoms with Crippen LogP contribution in [0.2, 0.25) is 0 Å². The lowest BCUT2D eigenvalue weighted by Crippen LogP contribution is -2.33. The molecule has 0 spiro atoms. The molecule has 1 aromatic heterocycles. The van der Waals surface area contributed by atoms with Crippen LogP contribution < -0.4 is 16.0 Å². The Morgan fingerprint density at radius 3 is 2.24 bits per heavy atom. The van der Waals surface area contributed by atoms with Crippen LogP contribution in [0.15, 0.2) is 17.3 Å². The van der Waals surface area contributed by atoms with Crippen molar-refractivity contribution in [1.82, 2.24) is 14.7 Å². The fourth-order valence-electron chi connectivity index (χ4n) is 0.790. The molecular weight excluding hydrogens is 263 g/mol. The van der Waals surface area contributed by atoms with Crippen molar-refractivity contribution in [2.24, 2.45) is 5.84 Å². The smallest absolute Gasteiger partial charge is 0.292 e. The third-order valence-corrected chi connectivity index (χ3v) is 2.89. The van der Waals surface area contributed by atoms with E-state index in [-0.39, 0.29) is 5.95 Å². The minimum absolute atomic E-state index is 0.0558. The van der Waals surface area contributed by atoms with Gasteiger partial charge in [-0.2, -0.15) is 13.2 Å². The van der Waals surface area contributed by atoms with Crippen LogP contribution in [0.25, 0.3) is 0 Å². The highest BCUT2D eigenvalue weighted by Crippen LogP contribution is 2.14. The number of nitrogens with one attached hydrogen (secondary N) is 2. The normalized spacial score (nSPS) is 12.5. The first-order valence-corrected chi connectivity index (χ1v) is 5.58. The zero-order valence-electron chi connectivity index (χ0n) is 8.19. The Morgan fingerprint density at radius 1 is 1.29 bits per heavy atom. The van der Waals surface area contributed by atoms with Gasteiger partial charge in [-0.05, 0) is 0 Å². The first-order chi connectivity index (χ1) is 7.74. The quantitative estimate of drug-likeness (QED) is 0.508. The highest BCUT2D eigenvalue weighted by atomic mass is 32.2. The third kappa shape index (κ3) is 4.13. The average Bonchev–Trinajstić information content (AvgIpc) is 2.26. The molecule has 1 aromatic rings. The van der Waals surface area contributed by atoms with Crippen LogP contribution in [-0.4, -0.2) is 31.1 Å². The molecule has 4 N–H and O–H groups in total.